The van der Waals surface area contributed by atoms with Crippen LogP contribution in [-0.4, -0.2) is 4.98 Å². The van der Waals surface area contributed by atoms with E-state index in [4.69, 9.17) is 0 Å². The fourth-order valence-electron chi connectivity index (χ4n) is 1.50. The molecule has 1 aromatic carbocycles. The first kappa shape index (κ1) is 13.8. The van der Waals surface area contributed by atoms with Crippen molar-refractivity contribution in [1.29, 1.82) is 0 Å². The molecule has 0 saturated carbocycles. The Kier molecular flexibility index (Phi) is 3.75. The van der Waals surface area contributed by atoms with Crippen LogP contribution in [0.4, 0.5) is 28.9 Å². The molecule has 0 spiro atoms. The Balaban J connectivity index is 2.49. The van der Waals surface area contributed by atoms with Crippen LogP contribution in [0.2, 0.25) is 0 Å². The number of halogens is 5. The molecule has 0 atom stereocenters. The predicted molar refractivity (Wildman–Crippen MR) is 66.2 cm³/mol. The zero-order valence-corrected chi connectivity index (χ0v) is 11.2. The van der Waals surface area contributed by atoms with E-state index < -0.39 is 29.2 Å². The molecular formula is C12H7BrF4N2. The summed E-state index contributed by atoms with van der Waals surface area (Å²) in [6.07, 6.45) is 0. The zero-order chi connectivity index (χ0) is 14.2. The number of nitrogens with zero attached hydrogens (tertiary/aromatic N) is 1. The molecule has 1 N–H and O–H groups in total. The summed E-state index contributed by atoms with van der Waals surface area (Å²) in [4.78, 5) is 2.48. The standard InChI is InChI=1S/C12H7BrF4N2/c1-5-4-6(13)2-3-7(5)18-10-8(14)11(16)19-12(17)9(10)15/h2-4H,1H3,(H,18,19). The van der Waals surface area contributed by atoms with Crippen molar-refractivity contribution in [2.75, 3.05) is 5.32 Å². The Morgan fingerprint density at radius 2 is 1.63 bits per heavy atom. The average molecular weight is 335 g/mol. The number of nitrogens with one attached hydrogen (secondary N) is 1. The second-order valence-electron chi connectivity index (χ2n) is 3.78. The molecule has 1 aromatic heterocycles. The molecular weight excluding hydrogens is 328 g/mol. The van der Waals surface area contributed by atoms with Gasteiger partial charge >= 0.3 is 0 Å². The minimum absolute atomic E-state index is 0.325. The quantitative estimate of drug-likeness (QED) is 0.648. The van der Waals surface area contributed by atoms with Gasteiger partial charge in [0.25, 0.3) is 11.9 Å². The molecule has 0 saturated heterocycles. The van der Waals surface area contributed by atoms with E-state index in [2.05, 4.69) is 26.2 Å². The lowest BCUT2D eigenvalue weighted by atomic mass is 10.2. The Morgan fingerprint density at radius 3 is 2.16 bits per heavy atom. The van der Waals surface area contributed by atoms with Crippen molar-refractivity contribution in [3.05, 3.63) is 51.8 Å². The molecule has 0 fully saturated rings. The van der Waals surface area contributed by atoms with Crippen LogP contribution < -0.4 is 5.32 Å². The molecule has 7 heteroatoms. The number of pyridine rings is 1. The lowest BCUT2D eigenvalue weighted by molar-refractivity contribution is 0.411. The summed E-state index contributed by atoms with van der Waals surface area (Å²) < 4.78 is 53.5. The molecule has 0 aliphatic rings. The summed E-state index contributed by atoms with van der Waals surface area (Å²) >= 11 is 3.23. The molecule has 19 heavy (non-hydrogen) atoms. The van der Waals surface area contributed by atoms with Crippen molar-refractivity contribution in [2.24, 2.45) is 0 Å². The van der Waals surface area contributed by atoms with E-state index in [9.17, 15) is 17.6 Å². The van der Waals surface area contributed by atoms with E-state index in [-0.39, 0.29) is 0 Å². The first-order valence-electron chi connectivity index (χ1n) is 5.13. The van der Waals surface area contributed by atoms with Crippen molar-refractivity contribution >= 4 is 27.3 Å². The summed E-state index contributed by atoms with van der Waals surface area (Å²) in [5, 5.41) is 2.33. The number of hydrogen-bond acceptors (Lipinski definition) is 2. The summed E-state index contributed by atoms with van der Waals surface area (Å²) in [5.74, 6) is -6.53. The summed E-state index contributed by atoms with van der Waals surface area (Å²) in [5.41, 5.74) is 0.0622. The Hall–Kier alpha value is -1.63. The maximum absolute atomic E-state index is 13.4. The van der Waals surface area contributed by atoms with Crippen LogP contribution in [0.1, 0.15) is 5.56 Å². The van der Waals surface area contributed by atoms with Gasteiger partial charge in [-0.05, 0) is 30.7 Å². The van der Waals surface area contributed by atoms with E-state index in [1.807, 2.05) is 0 Å². The summed E-state index contributed by atoms with van der Waals surface area (Å²) in [6, 6.07) is 4.83. The highest BCUT2D eigenvalue weighted by Gasteiger charge is 2.21. The highest BCUT2D eigenvalue weighted by Crippen LogP contribution is 2.28. The topological polar surface area (TPSA) is 24.9 Å². The van der Waals surface area contributed by atoms with Crippen molar-refractivity contribution in [3.63, 3.8) is 0 Å². The van der Waals surface area contributed by atoms with Gasteiger partial charge in [0.15, 0.2) is 0 Å². The number of rotatable bonds is 2. The Morgan fingerprint density at radius 1 is 1.05 bits per heavy atom. The Labute approximate surface area is 114 Å². The van der Waals surface area contributed by atoms with Crippen LogP contribution in [0.15, 0.2) is 22.7 Å². The highest BCUT2D eigenvalue weighted by molar-refractivity contribution is 9.10. The molecule has 0 unspecified atom stereocenters. The molecule has 2 aromatic rings. The minimum Gasteiger partial charge on any atom is -0.350 e. The molecule has 2 rings (SSSR count). The van der Waals surface area contributed by atoms with Crippen LogP contribution in [0.3, 0.4) is 0 Å². The zero-order valence-electron chi connectivity index (χ0n) is 9.57. The fourth-order valence-corrected chi connectivity index (χ4v) is 1.97. The molecule has 100 valence electrons. The molecule has 0 bridgehead atoms. The lowest BCUT2D eigenvalue weighted by Gasteiger charge is -2.11. The van der Waals surface area contributed by atoms with E-state index in [1.165, 1.54) is 6.07 Å². The van der Waals surface area contributed by atoms with Crippen LogP contribution in [-0.2, 0) is 0 Å². The highest BCUT2D eigenvalue weighted by atomic mass is 79.9. The number of anilines is 2. The third kappa shape index (κ3) is 2.70. The van der Waals surface area contributed by atoms with Crippen LogP contribution in [0.5, 0.6) is 0 Å². The van der Waals surface area contributed by atoms with E-state index in [1.54, 1.807) is 19.1 Å². The van der Waals surface area contributed by atoms with Gasteiger partial charge in [0.1, 0.15) is 5.69 Å². The molecule has 0 radical (unpaired) electrons. The fraction of sp³-hybridized carbons (Fsp3) is 0.0833. The van der Waals surface area contributed by atoms with Crippen molar-refractivity contribution in [2.45, 2.75) is 6.92 Å². The largest absolute Gasteiger partial charge is 0.350 e. The second-order valence-corrected chi connectivity index (χ2v) is 4.70. The van der Waals surface area contributed by atoms with E-state index >= 15 is 0 Å². The third-order valence-electron chi connectivity index (χ3n) is 2.45. The van der Waals surface area contributed by atoms with Gasteiger partial charge in [-0.25, -0.2) is 0 Å². The SMILES string of the molecule is Cc1cc(Br)ccc1Nc1c(F)c(F)nc(F)c1F. The normalized spacial score (nSPS) is 10.6. The van der Waals surface area contributed by atoms with Gasteiger partial charge in [-0.3, -0.25) is 0 Å². The van der Waals surface area contributed by atoms with Gasteiger partial charge in [-0.1, -0.05) is 15.9 Å². The average Bonchev–Trinajstić information content (AvgIpc) is 2.34. The van der Waals surface area contributed by atoms with Gasteiger partial charge in [-0.15, -0.1) is 0 Å². The maximum atomic E-state index is 13.4. The third-order valence-corrected chi connectivity index (χ3v) is 2.94. The smallest absolute Gasteiger partial charge is 0.253 e. The van der Waals surface area contributed by atoms with Gasteiger partial charge in [0.2, 0.25) is 11.6 Å². The molecule has 0 amide bonds. The number of aryl methyl sites for hydroxylation is 1. The molecule has 1 heterocycles. The number of hydrogen-bond donors (Lipinski definition) is 1. The molecule has 0 aliphatic heterocycles. The van der Waals surface area contributed by atoms with Crippen LogP contribution >= 0.6 is 15.9 Å². The number of benzene rings is 1. The first-order valence-corrected chi connectivity index (χ1v) is 5.92. The van der Waals surface area contributed by atoms with Crippen molar-refractivity contribution in [3.8, 4) is 0 Å². The van der Waals surface area contributed by atoms with Crippen molar-refractivity contribution < 1.29 is 17.6 Å². The summed E-state index contributed by atoms with van der Waals surface area (Å²) in [6.45, 7) is 1.68. The van der Waals surface area contributed by atoms with E-state index in [0.717, 1.165) is 4.47 Å². The van der Waals surface area contributed by atoms with Crippen LogP contribution in [0, 0.1) is 30.5 Å². The van der Waals surface area contributed by atoms with Gasteiger partial charge in [-0.2, -0.15) is 22.5 Å². The minimum atomic E-state index is -1.70. The van der Waals surface area contributed by atoms with Gasteiger partial charge in [0, 0.05) is 10.2 Å². The second kappa shape index (κ2) is 5.16. The van der Waals surface area contributed by atoms with Gasteiger partial charge < -0.3 is 5.32 Å². The predicted octanol–water partition coefficient (Wildman–Crippen LogP) is 4.45. The lowest BCUT2D eigenvalue weighted by Crippen LogP contribution is -2.06. The monoisotopic (exact) mass is 334 g/mol. The summed E-state index contributed by atoms with van der Waals surface area (Å²) in [7, 11) is 0. The first-order chi connectivity index (χ1) is 8.90. The molecule has 2 nitrogen and oxygen atoms in total. The van der Waals surface area contributed by atoms with E-state index in [0.29, 0.717) is 11.3 Å². The molecule has 0 aliphatic carbocycles. The van der Waals surface area contributed by atoms with Crippen molar-refractivity contribution in [1.82, 2.24) is 4.98 Å². The van der Waals surface area contributed by atoms with Crippen LogP contribution in [0.25, 0.3) is 0 Å². The Bertz CT molecular complexity index is 620. The number of aromatic nitrogens is 1. The maximum Gasteiger partial charge on any atom is 0.253 e. The van der Waals surface area contributed by atoms with Gasteiger partial charge in [0.05, 0.1) is 0 Å².